The maximum absolute atomic E-state index is 11.8. The molecular formula is C14H14ClNO. The first-order valence-electron chi connectivity index (χ1n) is 5.64. The minimum absolute atomic E-state index is 0.0409. The zero-order chi connectivity index (χ0) is 12.1. The Hall–Kier alpha value is -1.54. The molecule has 0 saturated carbocycles. The number of alkyl halides is 1. The Morgan fingerprint density at radius 3 is 2.65 bits per heavy atom. The van der Waals surface area contributed by atoms with E-state index >= 15 is 0 Å². The summed E-state index contributed by atoms with van der Waals surface area (Å²) in [5.74, 6) is 0.527. The maximum atomic E-state index is 11.8. The first-order chi connectivity index (χ1) is 8.31. The molecule has 0 fully saturated rings. The van der Waals surface area contributed by atoms with Crippen LogP contribution in [0.3, 0.4) is 0 Å². The molecule has 1 N–H and O–H groups in total. The number of hydrogen-bond donors (Lipinski definition) is 1. The van der Waals surface area contributed by atoms with Crippen LogP contribution in [0.5, 0.6) is 0 Å². The molecule has 0 aliphatic rings. The van der Waals surface area contributed by atoms with E-state index in [4.69, 9.17) is 11.6 Å². The van der Waals surface area contributed by atoms with Crippen molar-refractivity contribution in [1.29, 1.82) is 0 Å². The van der Waals surface area contributed by atoms with E-state index in [0.29, 0.717) is 18.0 Å². The van der Waals surface area contributed by atoms with Crippen molar-refractivity contribution in [2.75, 3.05) is 12.4 Å². The third-order valence-electron chi connectivity index (χ3n) is 2.61. The predicted molar refractivity (Wildman–Crippen MR) is 71.6 cm³/mol. The number of hydrogen-bond acceptors (Lipinski definition) is 1. The second-order valence-corrected chi connectivity index (χ2v) is 4.24. The number of amides is 1. The van der Waals surface area contributed by atoms with Crippen molar-refractivity contribution >= 4 is 28.3 Å². The highest BCUT2D eigenvalue weighted by atomic mass is 35.5. The predicted octanol–water partition coefficient (Wildman–Crippen LogP) is 3.20. The van der Waals surface area contributed by atoms with E-state index in [1.807, 2.05) is 42.5 Å². The van der Waals surface area contributed by atoms with Gasteiger partial charge < -0.3 is 5.32 Å². The van der Waals surface area contributed by atoms with Gasteiger partial charge in [0.2, 0.25) is 0 Å². The Morgan fingerprint density at radius 2 is 1.88 bits per heavy atom. The van der Waals surface area contributed by atoms with Gasteiger partial charge in [-0.1, -0.05) is 30.3 Å². The molecule has 17 heavy (non-hydrogen) atoms. The molecule has 2 aromatic rings. The van der Waals surface area contributed by atoms with Crippen LogP contribution in [0.4, 0.5) is 0 Å². The third kappa shape index (κ3) is 2.98. The summed E-state index contributed by atoms with van der Waals surface area (Å²) < 4.78 is 0. The second-order valence-electron chi connectivity index (χ2n) is 3.86. The largest absolute Gasteiger partial charge is 0.352 e. The van der Waals surface area contributed by atoms with Crippen molar-refractivity contribution in [3.63, 3.8) is 0 Å². The highest BCUT2D eigenvalue weighted by Crippen LogP contribution is 2.15. The standard InChI is InChI=1S/C14H14ClNO/c15-8-3-9-16-14(17)13-7-6-11-4-1-2-5-12(11)10-13/h1-2,4-7,10H,3,8-9H2,(H,16,17). The summed E-state index contributed by atoms with van der Waals surface area (Å²) in [5, 5.41) is 5.07. The van der Waals surface area contributed by atoms with Crippen LogP contribution in [-0.4, -0.2) is 18.3 Å². The lowest BCUT2D eigenvalue weighted by atomic mass is 10.1. The summed E-state index contributed by atoms with van der Waals surface area (Å²) in [6, 6.07) is 13.7. The van der Waals surface area contributed by atoms with Crippen LogP contribution >= 0.6 is 11.6 Å². The molecule has 0 aliphatic heterocycles. The molecule has 88 valence electrons. The molecule has 0 spiro atoms. The molecule has 0 radical (unpaired) electrons. The summed E-state index contributed by atoms with van der Waals surface area (Å²) >= 11 is 5.56. The number of nitrogens with one attached hydrogen (secondary N) is 1. The highest BCUT2D eigenvalue weighted by molar-refractivity contribution is 6.17. The van der Waals surface area contributed by atoms with Crippen LogP contribution in [0.2, 0.25) is 0 Å². The van der Waals surface area contributed by atoms with E-state index in [0.717, 1.165) is 17.2 Å². The van der Waals surface area contributed by atoms with Gasteiger partial charge in [0, 0.05) is 18.0 Å². The molecule has 2 nitrogen and oxygen atoms in total. The van der Waals surface area contributed by atoms with Gasteiger partial charge in [-0.2, -0.15) is 0 Å². The number of benzene rings is 2. The Labute approximate surface area is 106 Å². The van der Waals surface area contributed by atoms with E-state index < -0.39 is 0 Å². The zero-order valence-electron chi connectivity index (χ0n) is 9.45. The molecule has 0 bridgehead atoms. The van der Waals surface area contributed by atoms with Crippen molar-refractivity contribution in [3.05, 3.63) is 48.0 Å². The molecule has 0 heterocycles. The Bertz CT molecular complexity index is 524. The maximum Gasteiger partial charge on any atom is 0.251 e. The molecule has 3 heteroatoms. The Morgan fingerprint density at radius 1 is 1.12 bits per heavy atom. The first-order valence-corrected chi connectivity index (χ1v) is 6.17. The number of carbonyl (C=O) groups is 1. The number of rotatable bonds is 4. The van der Waals surface area contributed by atoms with Gasteiger partial charge >= 0.3 is 0 Å². The fourth-order valence-corrected chi connectivity index (χ4v) is 1.83. The van der Waals surface area contributed by atoms with Gasteiger partial charge in [-0.3, -0.25) is 4.79 Å². The molecule has 2 aromatic carbocycles. The Balaban J connectivity index is 2.15. The normalized spacial score (nSPS) is 10.4. The number of carbonyl (C=O) groups excluding carboxylic acids is 1. The van der Waals surface area contributed by atoms with E-state index in [2.05, 4.69) is 5.32 Å². The highest BCUT2D eigenvalue weighted by Gasteiger charge is 2.04. The molecule has 2 rings (SSSR count). The van der Waals surface area contributed by atoms with Gasteiger partial charge in [-0.05, 0) is 29.3 Å². The molecular weight excluding hydrogens is 234 g/mol. The van der Waals surface area contributed by atoms with E-state index in [9.17, 15) is 4.79 Å². The van der Waals surface area contributed by atoms with Crippen molar-refractivity contribution < 1.29 is 4.79 Å². The average Bonchev–Trinajstić information content (AvgIpc) is 2.38. The van der Waals surface area contributed by atoms with Gasteiger partial charge in [0.15, 0.2) is 0 Å². The molecule has 0 saturated heterocycles. The van der Waals surface area contributed by atoms with Crippen LogP contribution < -0.4 is 5.32 Å². The van der Waals surface area contributed by atoms with Crippen LogP contribution in [0.15, 0.2) is 42.5 Å². The van der Waals surface area contributed by atoms with E-state index in [1.54, 1.807) is 0 Å². The number of fused-ring (bicyclic) bond motifs is 1. The Kier molecular flexibility index (Phi) is 3.99. The lowest BCUT2D eigenvalue weighted by molar-refractivity contribution is 0.0954. The fraction of sp³-hybridized carbons (Fsp3) is 0.214. The van der Waals surface area contributed by atoms with Crippen molar-refractivity contribution in [2.24, 2.45) is 0 Å². The molecule has 0 atom stereocenters. The van der Waals surface area contributed by atoms with Gasteiger partial charge in [-0.25, -0.2) is 0 Å². The summed E-state index contributed by atoms with van der Waals surface area (Å²) in [5.41, 5.74) is 0.693. The smallest absolute Gasteiger partial charge is 0.251 e. The summed E-state index contributed by atoms with van der Waals surface area (Å²) in [6.45, 7) is 0.620. The van der Waals surface area contributed by atoms with Gasteiger partial charge in [0.1, 0.15) is 0 Å². The minimum atomic E-state index is -0.0409. The quantitative estimate of drug-likeness (QED) is 0.653. The van der Waals surface area contributed by atoms with Crippen LogP contribution in [0.25, 0.3) is 10.8 Å². The topological polar surface area (TPSA) is 29.1 Å². The van der Waals surface area contributed by atoms with Gasteiger partial charge in [0.05, 0.1) is 0 Å². The second kappa shape index (κ2) is 5.69. The molecule has 1 amide bonds. The first kappa shape index (κ1) is 11.9. The SMILES string of the molecule is O=C(NCCCCl)c1ccc2ccccc2c1. The van der Waals surface area contributed by atoms with Gasteiger partial charge in [0.25, 0.3) is 5.91 Å². The monoisotopic (exact) mass is 247 g/mol. The van der Waals surface area contributed by atoms with Crippen molar-refractivity contribution in [2.45, 2.75) is 6.42 Å². The van der Waals surface area contributed by atoms with Crippen LogP contribution in [-0.2, 0) is 0 Å². The molecule has 0 aromatic heterocycles. The average molecular weight is 248 g/mol. The van der Waals surface area contributed by atoms with Crippen LogP contribution in [0.1, 0.15) is 16.8 Å². The third-order valence-corrected chi connectivity index (χ3v) is 2.87. The van der Waals surface area contributed by atoms with Crippen LogP contribution in [0, 0.1) is 0 Å². The van der Waals surface area contributed by atoms with Gasteiger partial charge in [-0.15, -0.1) is 11.6 Å². The lowest BCUT2D eigenvalue weighted by Crippen LogP contribution is -2.24. The van der Waals surface area contributed by atoms with E-state index in [-0.39, 0.29) is 5.91 Å². The molecule has 0 unspecified atom stereocenters. The number of halogens is 1. The van der Waals surface area contributed by atoms with Crippen molar-refractivity contribution in [3.8, 4) is 0 Å². The minimum Gasteiger partial charge on any atom is -0.352 e. The fourth-order valence-electron chi connectivity index (χ4n) is 1.70. The summed E-state index contributed by atoms with van der Waals surface area (Å²) in [7, 11) is 0. The van der Waals surface area contributed by atoms with Crippen molar-refractivity contribution in [1.82, 2.24) is 5.32 Å². The summed E-state index contributed by atoms with van der Waals surface area (Å²) in [4.78, 5) is 11.8. The zero-order valence-corrected chi connectivity index (χ0v) is 10.2. The van der Waals surface area contributed by atoms with E-state index in [1.165, 1.54) is 0 Å². The lowest BCUT2D eigenvalue weighted by Gasteiger charge is -2.05. The molecule has 0 aliphatic carbocycles. The summed E-state index contributed by atoms with van der Waals surface area (Å²) in [6.07, 6.45) is 0.793.